The molecule has 14 heavy (non-hydrogen) atoms. The summed E-state index contributed by atoms with van der Waals surface area (Å²) in [5, 5.41) is 6.90. The molecule has 0 saturated carbocycles. The van der Waals surface area contributed by atoms with Gasteiger partial charge in [-0.1, -0.05) is 11.2 Å². The van der Waals surface area contributed by atoms with Crippen molar-refractivity contribution in [1.82, 2.24) is 10.2 Å². The Morgan fingerprint density at radius 1 is 1.36 bits per heavy atom. The molecule has 2 aromatic rings. The van der Waals surface area contributed by atoms with E-state index in [2.05, 4.69) is 26.1 Å². The molecule has 6 heteroatoms. The lowest BCUT2D eigenvalue weighted by molar-refractivity contribution is 0.558. The largest absolute Gasteiger partial charge is 0.407 e. The van der Waals surface area contributed by atoms with Crippen LogP contribution in [0.4, 0.5) is 4.39 Å². The second-order valence-corrected chi connectivity index (χ2v) is 3.64. The summed E-state index contributed by atoms with van der Waals surface area (Å²) in [6.45, 7) is 0. The van der Waals surface area contributed by atoms with Crippen LogP contribution in [0.3, 0.4) is 0 Å². The molecular formula is C8H3BrClFN2O. The molecular weight excluding hydrogens is 274 g/mol. The lowest BCUT2D eigenvalue weighted by Crippen LogP contribution is -1.85. The molecule has 0 saturated heterocycles. The van der Waals surface area contributed by atoms with Crippen molar-refractivity contribution in [3.8, 4) is 11.5 Å². The third-order valence-electron chi connectivity index (χ3n) is 1.58. The number of benzene rings is 1. The van der Waals surface area contributed by atoms with Gasteiger partial charge in [0.1, 0.15) is 5.82 Å². The zero-order valence-electron chi connectivity index (χ0n) is 6.67. The first-order valence-corrected chi connectivity index (χ1v) is 4.79. The summed E-state index contributed by atoms with van der Waals surface area (Å²) >= 11 is 8.48. The van der Waals surface area contributed by atoms with Crippen molar-refractivity contribution in [2.45, 2.75) is 0 Å². The van der Waals surface area contributed by atoms with Crippen molar-refractivity contribution in [3.05, 3.63) is 33.8 Å². The summed E-state index contributed by atoms with van der Waals surface area (Å²) in [6.07, 6.45) is 0. The SMILES string of the molecule is Fc1c(Br)cccc1-c1nnc(Cl)o1. The molecule has 0 atom stereocenters. The van der Waals surface area contributed by atoms with Crippen LogP contribution in [0.1, 0.15) is 0 Å². The van der Waals surface area contributed by atoms with Crippen LogP contribution < -0.4 is 0 Å². The highest BCUT2D eigenvalue weighted by molar-refractivity contribution is 9.10. The van der Waals surface area contributed by atoms with Gasteiger partial charge in [0.15, 0.2) is 0 Å². The number of aromatic nitrogens is 2. The molecule has 0 aliphatic rings. The van der Waals surface area contributed by atoms with Gasteiger partial charge in [0.2, 0.25) is 0 Å². The van der Waals surface area contributed by atoms with Crippen LogP contribution in [0.25, 0.3) is 11.5 Å². The monoisotopic (exact) mass is 276 g/mol. The second-order valence-electron chi connectivity index (χ2n) is 2.46. The Hall–Kier alpha value is -0.940. The maximum absolute atomic E-state index is 13.5. The van der Waals surface area contributed by atoms with Crippen molar-refractivity contribution in [3.63, 3.8) is 0 Å². The predicted molar refractivity (Wildman–Crippen MR) is 52.4 cm³/mol. The van der Waals surface area contributed by atoms with E-state index in [-0.39, 0.29) is 16.8 Å². The fraction of sp³-hybridized carbons (Fsp3) is 0. The highest BCUT2D eigenvalue weighted by Gasteiger charge is 2.13. The van der Waals surface area contributed by atoms with Crippen LogP contribution in [-0.2, 0) is 0 Å². The molecule has 0 bridgehead atoms. The highest BCUT2D eigenvalue weighted by atomic mass is 79.9. The van der Waals surface area contributed by atoms with E-state index < -0.39 is 5.82 Å². The summed E-state index contributed by atoms with van der Waals surface area (Å²) in [4.78, 5) is 0. The molecule has 72 valence electrons. The van der Waals surface area contributed by atoms with Crippen LogP contribution in [-0.4, -0.2) is 10.2 Å². The summed E-state index contributed by atoms with van der Waals surface area (Å²) in [7, 11) is 0. The number of nitrogens with zero attached hydrogens (tertiary/aromatic N) is 2. The maximum atomic E-state index is 13.5. The first-order chi connectivity index (χ1) is 6.68. The van der Waals surface area contributed by atoms with E-state index in [1.54, 1.807) is 12.1 Å². The first-order valence-electron chi connectivity index (χ1n) is 3.62. The van der Waals surface area contributed by atoms with Crippen LogP contribution in [0, 0.1) is 5.82 Å². The average Bonchev–Trinajstić information content (AvgIpc) is 2.57. The quantitative estimate of drug-likeness (QED) is 0.803. The van der Waals surface area contributed by atoms with Crippen molar-refractivity contribution < 1.29 is 8.81 Å². The summed E-state index contributed by atoms with van der Waals surface area (Å²) in [6, 6.07) is 4.78. The molecule has 1 aromatic carbocycles. The average molecular weight is 277 g/mol. The summed E-state index contributed by atoms with van der Waals surface area (Å²) < 4.78 is 18.7. The maximum Gasteiger partial charge on any atom is 0.313 e. The minimum Gasteiger partial charge on any atom is -0.407 e. The van der Waals surface area contributed by atoms with Gasteiger partial charge in [-0.25, -0.2) is 4.39 Å². The van der Waals surface area contributed by atoms with Gasteiger partial charge in [0.25, 0.3) is 5.89 Å². The molecule has 0 spiro atoms. The lowest BCUT2D eigenvalue weighted by Gasteiger charge is -1.98. The van der Waals surface area contributed by atoms with Gasteiger partial charge in [-0.2, -0.15) is 0 Å². The molecule has 0 fully saturated rings. The van der Waals surface area contributed by atoms with E-state index >= 15 is 0 Å². The molecule has 1 aromatic heterocycles. The lowest BCUT2D eigenvalue weighted by atomic mass is 10.2. The van der Waals surface area contributed by atoms with Gasteiger partial charge in [0, 0.05) is 0 Å². The van der Waals surface area contributed by atoms with Gasteiger partial charge >= 0.3 is 5.35 Å². The molecule has 1 heterocycles. The van der Waals surface area contributed by atoms with Crippen molar-refractivity contribution in [2.75, 3.05) is 0 Å². The Balaban J connectivity index is 2.57. The van der Waals surface area contributed by atoms with Crippen molar-refractivity contribution in [2.24, 2.45) is 0 Å². The molecule has 0 aliphatic carbocycles. The minimum absolute atomic E-state index is 0.0637. The molecule has 3 nitrogen and oxygen atoms in total. The standard InChI is InChI=1S/C8H3BrClFN2O/c9-5-3-1-2-4(6(5)11)7-12-13-8(10)14-7/h1-3H. The summed E-state index contributed by atoms with van der Waals surface area (Å²) in [5.41, 5.74) is 0.221. The fourth-order valence-electron chi connectivity index (χ4n) is 0.983. The summed E-state index contributed by atoms with van der Waals surface area (Å²) in [5.74, 6) is -0.387. The number of hydrogen-bond donors (Lipinski definition) is 0. The van der Waals surface area contributed by atoms with Gasteiger partial charge in [-0.05, 0) is 39.7 Å². The topological polar surface area (TPSA) is 38.9 Å². The smallest absolute Gasteiger partial charge is 0.313 e. The molecule has 0 N–H and O–H groups in total. The van der Waals surface area contributed by atoms with Gasteiger partial charge < -0.3 is 4.42 Å². The van der Waals surface area contributed by atoms with Crippen LogP contribution in [0.15, 0.2) is 27.1 Å². The minimum atomic E-state index is -0.451. The van der Waals surface area contributed by atoms with Crippen LogP contribution in [0.5, 0.6) is 0 Å². The van der Waals surface area contributed by atoms with Crippen molar-refractivity contribution in [1.29, 1.82) is 0 Å². The molecule has 0 aliphatic heterocycles. The Bertz CT molecular complexity index is 474. The molecule has 2 rings (SSSR count). The predicted octanol–water partition coefficient (Wildman–Crippen LogP) is 3.29. The Labute approximate surface area is 92.0 Å². The van der Waals surface area contributed by atoms with E-state index in [1.165, 1.54) is 6.07 Å². The van der Waals surface area contributed by atoms with Gasteiger partial charge in [0.05, 0.1) is 10.0 Å². The van der Waals surface area contributed by atoms with E-state index in [0.717, 1.165) is 0 Å². The number of rotatable bonds is 1. The van der Waals surface area contributed by atoms with E-state index in [4.69, 9.17) is 16.0 Å². The molecule has 0 radical (unpaired) electrons. The highest BCUT2D eigenvalue weighted by Crippen LogP contribution is 2.27. The Kier molecular flexibility index (Phi) is 2.52. The third-order valence-corrected chi connectivity index (χ3v) is 2.35. The zero-order valence-corrected chi connectivity index (χ0v) is 9.01. The third kappa shape index (κ3) is 1.65. The van der Waals surface area contributed by atoms with Crippen molar-refractivity contribution >= 4 is 27.5 Å². The Morgan fingerprint density at radius 2 is 2.14 bits per heavy atom. The van der Waals surface area contributed by atoms with E-state index in [9.17, 15) is 4.39 Å². The van der Waals surface area contributed by atoms with E-state index in [1.807, 2.05) is 0 Å². The molecule has 0 unspecified atom stereocenters. The number of halogens is 3. The van der Waals surface area contributed by atoms with E-state index in [0.29, 0.717) is 4.47 Å². The Morgan fingerprint density at radius 3 is 2.79 bits per heavy atom. The fourth-order valence-corrected chi connectivity index (χ4v) is 1.46. The molecule has 0 amide bonds. The number of hydrogen-bond acceptors (Lipinski definition) is 3. The first kappa shape index (κ1) is 9.61. The second kappa shape index (κ2) is 3.67. The van der Waals surface area contributed by atoms with Crippen LogP contribution in [0.2, 0.25) is 5.35 Å². The normalized spacial score (nSPS) is 10.5. The zero-order chi connectivity index (χ0) is 10.1. The van der Waals surface area contributed by atoms with Gasteiger partial charge in [-0.15, -0.1) is 5.10 Å². The van der Waals surface area contributed by atoms with Gasteiger partial charge in [-0.3, -0.25) is 0 Å². The van der Waals surface area contributed by atoms with Crippen LogP contribution >= 0.6 is 27.5 Å².